The largest absolute Gasteiger partial charge is 0.421 e. The van der Waals surface area contributed by atoms with Crippen LogP contribution in [0.15, 0.2) is 57.1 Å². The van der Waals surface area contributed by atoms with Crippen molar-refractivity contribution >= 4 is 51.2 Å². The second-order valence-electron chi connectivity index (χ2n) is 5.60. The molecule has 0 aliphatic carbocycles. The first-order valence-corrected chi connectivity index (χ1v) is 9.19. The van der Waals surface area contributed by atoms with Crippen LogP contribution in [-0.2, 0) is 0 Å². The van der Waals surface area contributed by atoms with Gasteiger partial charge in [0, 0.05) is 33.5 Å². The average molecular weight is 419 g/mol. The van der Waals surface area contributed by atoms with Gasteiger partial charge in [-0.25, -0.2) is 9.78 Å². The third-order valence-electron chi connectivity index (χ3n) is 3.86. The Bertz CT molecular complexity index is 1250. The van der Waals surface area contributed by atoms with E-state index in [1.54, 1.807) is 29.6 Å². The molecule has 0 amide bonds. The molecule has 0 saturated carbocycles. The molecular formula is C18H8Cl2N2O4S. The lowest BCUT2D eigenvalue weighted by Gasteiger charge is -2.02. The molecule has 0 unspecified atom stereocenters. The average Bonchev–Trinajstić information content (AvgIpc) is 3.12. The molecule has 134 valence electrons. The number of benzene rings is 2. The second-order valence-corrected chi connectivity index (χ2v) is 7.30. The molecule has 0 aliphatic rings. The molecule has 0 N–H and O–H groups in total. The van der Waals surface area contributed by atoms with Gasteiger partial charge in [0.1, 0.15) is 5.01 Å². The van der Waals surface area contributed by atoms with Gasteiger partial charge >= 0.3 is 5.63 Å². The van der Waals surface area contributed by atoms with Crippen molar-refractivity contribution in [3.05, 3.63) is 78.4 Å². The van der Waals surface area contributed by atoms with Crippen LogP contribution in [0.4, 0.5) is 5.69 Å². The number of nitrogens with zero attached hydrogens (tertiary/aromatic N) is 2. The van der Waals surface area contributed by atoms with Gasteiger partial charge in [-0.05, 0) is 30.3 Å². The molecule has 0 fully saturated rings. The first-order valence-electron chi connectivity index (χ1n) is 7.56. The van der Waals surface area contributed by atoms with Crippen molar-refractivity contribution in [3.63, 3.8) is 0 Å². The summed E-state index contributed by atoms with van der Waals surface area (Å²) in [6.07, 6.45) is 0. The number of nitro groups is 1. The molecule has 0 saturated heterocycles. The smallest absolute Gasteiger partial charge is 0.346 e. The highest BCUT2D eigenvalue weighted by molar-refractivity contribution is 7.13. The summed E-state index contributed by atoms with van der Waals surface area (Å²) in [6, 6.07) is 10.8. The molecule has 0 aliphatic heterocycles. The number of hydrogen-bond donors (Lipinski definition) is 0. The maximum Gasteiger partial charge on any atom is 0.346 e. The number of thiazole rings is 1. The third-order valence-corrected chi connectivity index (χ3v) is 5.23. The zero-order chi connectivity index (χ0) is 19.1. The topological polar surface area (TPSA) is 86.2 Å². The number of rotatable bonds is 3. The lowest BCUT2D eigenvalue weighted by atomic mass is 10.1. The van der Waals surface area contributed by atoms with Gasteiger partial charge in [-0.1, -0.05) is 23.2 Å². The molecule has 2 heterocycles. The Balaban J connectivity index is 1.78. The van der Waals surface area contributed by atoms with E-state index in [0.717, 1.165) is 0 Å². The Hall–Kier alpha value is -2.74. The summed E-state index contributed by atoms with van der Waals surface area (Å²) in [5.41, 5.74) is 1.31. The van der Waals surface area contributed by atoms with Crippen molar-refractivity contribution in [3.8, 4) is 21.8 Å². The minimum absolute atomic E-state index is 0.00173. The molecule has 2 aromatic heterocycles. The standard InChI is InChI=1S/C18H8Cl2N2O4S/c19-11-5-10-6-13(18(23)26-16(10)14(20)7-11)17-21-15(8-27-17)9-1-3-12(4-2-9)22(24)25/h1-8H. The molecule has 0 radical (unpaired) electrons. The van der Waals surface area contributed by atoms with Gasteiger partial charge in [-0.15, -0.1) is 11.3 Å². The van der Waals surface area contributed by atoms with Crippen molar-refractivity contribution in [1.29, 1.82) is 0 Å². The molecule has 6 nitrogen and oxygen atoms in total. The van der Waals surface area contributed by atoms with E-state index in [1.807, 2.05) is 0 Å². The summed E-state index contributed by atoms with van der Waals surface area (Å²) in [6.45, 7) is 0. The Labute approximate surface area is 165 Å². The molecule has 2 aromatic carbocycles. The minimum Gasteiger partial charge on any atom is -0.421 e. The number of halogens is 2. The van der Waals surface area contributed by atoms with Gasteiger partial charge in [0.05, 0.1) is 21.2 Å². The van der Waals surface area contributed by atoms with E-state index >= 15 is 0 Å². The highest BCUT2D eigenvalue weighted by Gasteiger charge is 2.15. The monoisotopic (exact) mass is 418 g/mol. The van der Waals surface area contributed by atoms with E-state index in [9.17, 15) is 14.9 Å². The van der Waals surface area contributed by atoms with Crippen LogP contribution in [0.1, 0.15) is 0 Å². The van der Waals surface area contributed by atoms with Crippen molar-refractivity contribution in [2.45, 2.75) is 0 Å². The van der Waals surface area contributed by atoms with E-state index in [1.165, 1.54) is 29.5 Å². The zero-order valence-corrected chi connectivity index (χ0v) is 15.6. The van der Waals surface area contributed by atoms with Crippen molar-refractivity contribution in [2.75, 3.05) is 0 Å². The summed E-state index contributed by atoms with van der Waals surface area (Å²) >= 11 is 13.4. The van der Waals surface area contributed by atoms with E-state index in [4.69, 9.17) is 27.6 Å². The van der Waals surface area contributed by atoms with Crippen molar-refractivity contribution in [2.24, 2.45) is 0 Å². The summed E-state index contributed by atoms with van der Waals surface area (Å²) in [7, 11) is 0. The minimum atomic E-state index is -0.559. The van der Waals surface area contributed by atoms with Gasteiger partial charge in [0.2, 0.25) is 0 Å². The molecular weight excluding hydrogens is 411 g/mol. The van der Waals surface area contributed by atoms with Crippen LogP contribution in [0.25, 0.3) is 32.8 Å². The van der Waals surface area contributed by atoms with Gasteiger partial charge < -0.3 is 4.42 Å². The summed E-state index contributed by atoms with van der Waals surface area (Å²) in [5.74, 6) is 0. The molecule has 0 bridgehead atoms. The number of nitro benzene ring substituents is 1. The van der Waals surface area contributed by atoms with E-state index in [2.05, 4.69) is 4.98 Å². The SMILES string of the molecule is O=c1oc2c(Cl)cc(Cl)cc2cc1-c1nc(-c2ccc([N+](=O)[O-])cc2)cs1. The fourth-order valence-electron chi connectivity index (χ4n) is 2.59. The van der Waals surface area contributed by atoms with Crippen LogP contribution in [0.5, 0.6) is 0 Å². The lowest BCUT2D eigenvalue weighted by Crippen LogP contribution is -2.02. The number of hydrogen-bond acceptors (Lipinski definition) is 6. The van der Waals surface area contributed by atoms with E-state index < -0.39 is 10.5 Å². The van der Waals surface area contributed by atoms with E-state index in [0.29, 0.717) is 32.2 Å². The van der Waals surface area contributed by atoms with Crippen LogP contribution in [0.2, 0.25) is 10.0 Å². The molecule has 27 heavy (non-hydrogen) atoms. The fraction of sp³-hybridized carbons (Fsp3) is 0. The van der Waals surface area contributed by atoms with E-state index in [-0.39, 0.29) is 16.3 Å². The maximum atomic E-state index is 12.4. The zero-order valence-electron chi connectivity index (χ0n) is 13.3. The summed E-state index contributed by atoms with van der Waals surface area (Å²) < 4.78 is 5.34. The van der Waals surface area contributed by atoms with Gasteiger partial charge in [0.25, 0.3) is 5.69 Å². The number of non-ortho nitro benzene ring substituents is 1. The van der Waals surface area contributed by atoms with Crippen LogP contribution in [-0.4, -0.2) is 9.91 Å². The van der Waals surface area contributed by atoms with Gasteiger partial charge in [-0.3, -0.25) is 10.1 Å². The fourth-order valence-corrected chi connectivity index (χ4v) is 3.97. The third kappa shape index (κ3) is 3.32. The Morgan fingerprint density at radius 2 is 1.85 bits per heavy atom. The summed E-state index contributed by atoms with van der Waals surface area (Å²) in [5, 5.41) is 14.3. The molecule has 9 heteroatoms. The lowest BCUT2D eigenvalue weighted by molar-refractivity contribution is -0.384. The van der Waals surface area contributed by atoms with Crippen LogP contribution < -0.4 is 5.63 Å². The van der Waals surface area contributed by atoms with Crippen LogP contribution in [0.3, 0.4) is 0 Å². The highest BCUT2D eigenvalue weighted by atomic mass is 35.5. The Morgan fingerprint density at radius 3 is 2.56 bits per heavy atom. The Morgan fingerprint density at radius 1 is 1.11 bits per heavy atom. The number of aromatic nitrogens is 1. The van der Waals surface area contributed by atoms with Gasteiger partial charge in [0.15, 0.2) is 5.58 Å². The number of fused-ring (bicyclic) bond motifs is 1. The van der Waals surface area contributed by atoms with Crippen LogP contribution >= 0.6 is 34.5 Å². The normalized spacial score (nSPS) is 11.0. The first-order chi connectivity index (χ1) is 12.9. The predicted molar refractivity (Wildman–Crippen MR) is 106 cm³/mol. The van der Waals surface area contributed by atoms with Crippen LogP contribution in [0, 0.1) is 10.1 Å². The molecule has 4 rings (SSSR count). The first kappa shape index (κ1) is 17.7. The molecule has 0 atom stereocenters. The second kappa shape index (κ2) is 6.77. The molecule has 0 spiro atoms. The molecule has 4 aromatic rings. The quantitative estimate of drug-likeness (QED) is 0.238. The Kier molecular flexibility index (Phi) is 4.43. The predicted octanol–water partition coefficient (Wildman–Crippen LogP) is 5.80. The van der Waals surface area contributed by atoms with Gasteiger partial charge in [-0.2, -0.15) is 0 Å². The van der Waals surface area contributed by atoms with Crippen molar-refractivity contribution in [1.82, 2.24) is 4.98 Å². The van der Waals surface area contributed by atoms with Crippen molar-refractivity contribution < 1.29 is 9.34 Å². The highest BCUT2D eigenvalue weighted by Crippen LogP contribution is 2.32. The maximum absolute atomic E-state index is 12.4. The summed E-state index contributed by atoms with van der Waals surface area (Å²) in [4.78, 5) is 27.1.